The van der Waals surface area contributed by atoms with Gasteiger partial charge in [-0.1, -0.05) is 182 Å². The summed E-state index contributed by atoms with van der Waals surface area (Å²) >= 11 is 0. The van der Waals surface area contributed by atoms with Crippen molar-refractivity contribution < 1.29 is 4.74 Å². The van der Waals surface area contributed by atoms with Gasteiger partial charge >= 0.3 is 0 Å². The van der Waals surface area contributed by atoms with Crippen molar-refractivity contribution in [2.75, 3.05) is 26.7 Å². The topological polar surface area (TPSA) is 12.5 Å². The maximum absolute atomic E-state index is 6.24. The average molecular weight is 622 g/mol. The highest BCUT2D eigenvalue weighted by Gasteiger charge is 2.19. The summed E-state index contributed by atoms with van der Waals surface area (Å²) < 4.78 is 6.24. The third-order valence-electron chi connectivity index (χ3n) is 10.0. The van der Waals surface area contributed by atoms with Crippen LogP contribution in [0.2, 0.25) is 0 Å². The largest absolute Gasteiger partial charge is 0.376 e. The number of ether oxygens (including phenoxy) is 1. The van der Waals surface area contributed by atoms with Crippen LogP contribution in [-0.4, -0.2) is 37.2 Å². The van der Waals surface area contributed by atoms with Crippen molar-refractivity contribution in [3.8, 4) is 0 Å². The molecule has 0 aliphatic heterocycles. The lowest BCUT2D eigenvalue weighted by molar-refractivity contribution is -0.0300. The molecule has 0 saturated heterocycles. The smallest absolute Gasteiger partial charge is 0.0627 e. The van der Waals surface area contributed by atoms with Crippen LogP contribution in [0, 0.1) is 11.8 Å². The minimum Gasteiger partial charge on any atom is -0.376 e. The third kappa shape index (κ3) is 33.3. The monoisotopic (exact) mass is 622 g/mol. The molecule has 2 heteroatoms. The van der Waals surface area contributed by atoms with E-state index in [0.29, 0.717) is 0 Å². The quantitative estimate of drug-likeness (QED) is 0.0645. The highest BCUT2D eigenvalue weighted by atomic mass is 16.5. The number of hydrogen-bond donors (Lipinski definition) is 0. The number of rotatable bonds is 36. The molecule has 44 heavy (non-hydrogen) atoms. The van der Waals surface area contributed by atoms with E-state index >= 15 is 0 Å². The molecular formula is C42H87NO. The molecule has 0 rings (SSSR count). The van der Waals surface area contributed by atoms with E-state index in [1.54, 1.807) is 0 Å². The van der Waals surface area contributed by atoms with Gasteiger partial charge in [0, 0.05) is 13.2 Å². The number of nitrogens with zero attached hydrogens (tertiary/aromatic N) is 1. The predicted octanol–water partition coefficient (Wildman–Crippen LogP) is 14.3. The Morgan fingerprint density at radius 2 is 0.864 bits per heavy atom. The van der Waals surface area contributed by atoms with E-state index in [4.69, 9.17) is 4.74 Å². The Morgan fingerprint density at radius 1 is 0.500 bits per heavy atom. The SMILES string of the molecule is CCCCCCCCCCCCCCC(CCCCCCCCCCCCCC)CN(C)CCCC(C)(C)OCCC(C)C. The zero-order chi connectivity index (χ0) is 32.6. The molecular weight excluding hydrogens is 534 g/mol. The van der Waals surface area contributed by atoms with Gasteiger partial charge in [0.15, 0.2) is 0 Å². The van der Waals surface area contributed by atoms with Crippen molar-refractivity contribution in [1.29, 1.82) is 0 Å². The molecule has 0 aromatic rings. The highest BCUT2D eigenvalue weighted by Crippen LogP contribution is 2.22. The first-order chi connectivity index (χ1) is 21.3. The fraction of sp³-hybridized carbons (Fsp3) is 1.00. The predicted molar refractivity (Wildman–Crippen MR) is 201 cm³/mol. The minimum atomic E-state index is 0.0131. The fourth-order valence-electron chi connectivity index (χ4n) is 6.82. The molecule has 0 aliphatic rings. The summed E-state index contributed by atoms with van der Waals surface area (Å²) in [6.45, 7) is 17.2. The summed E-state index contributed by atoms with van der Waals surface area (Å²) in [6.07, 6.45) is 41.3. The van der Waals surface area contributed by atoms with Gasteiger partial charge in [0.05, 0.1) is 5.60 Å². The summed E-state index contributed by atoms with van der Waals surface area (Å²) in [6, 6.07) is 0. The van der Waals surface area contributed by atoms with Crippen LogP contribution in [0.5, 0.6) is 0 Å². The maximum atomic E-state index is 6.24. The maximum Gasteiger partial charge on any atom is 0.0627 e. The Hall–Kier alpha value is -0.0800. The third-order valence-corrected chi connectivity index (χ3v) is 10.0. The van der Waals surface area contributed by atoms with Gasteiger partial charge in [0.25, 0.3) is 0 Å². The molecule has 0 heterocycles. The fourth-order valence-corrected chi connectivity index (χ4v) is 6.82. The Labute approximate surface area is 281 Å². The van der Waals surface area contributed by atoms with Gasteiger partial charge in [0.1, 0.15) is 0 Å². The molecule has 0 fully saturated rings. The molecule has 0 amide bonds. The normalized spacial score (nSPS) is 12.4. The lowest BCUT2D eigenvalue weighted by Crippen LogP contribution is -2.30. The van der Waals surface area contributed by atoms with E-state index in [1.807, 2.05) is 0 Å². The van der Waals surface area contributed by atoms with Gasteiger partial charge in [-0.15, -0.1) is 0 Å². The lowest BCUT2D eigenvalue weighted by Gasteiger charge is -2.28. The zero-order valence-corrected chi connectivity index (χ0v) is 32.1. The molecule has 0 aliphatic carbocycles. The molecule has 0 bridgehead atoms. The van der Waals surface area contributed by atoms with Crippen molar-refractivity contribution in [3.05, 3.63) is 0 Å². The Balaban J connectivity index is 4.24. The molecule has 0 radical (unpaired) electrons. The lowest BCUT2D eigenvalue weighted by atomic mass is 9.93. The number of unbranched alkanes of at least 4 members (excludes halogenated alkanes) is 22. The summed E-state index contributed by atoms with van der Waals surface area (Å²) in [5, 5.41) is 0. The van der Waals surface area contributed by atoms with Crippen molar-refractivity contribution in [1.82, 2.24) is 4.90 Å². The van der Waals surface area contributed by atoms with Crippen molar-refractivity contribution in [3.63, 3.8) is 0 Å². The van der Waals surface area contributed by atoms with Crippen molar-refractivity contribution in [2.45, 2.75) is 233 Å². The van der Waals surface area contributed by atoms with Crippen LogP contribution < -0.4 is 0 Å². The first-order valence-corrected chi connectivity index (χ1v) is 20.6. The standard InChI is InChI=1S/C42H87NO/c1-8-10-12-14-16-18-20-22-24-26-28-30-33-41(34-31-29-27-25-23-21-19-17-15-13-11-9-2)39-43(7)37-32-36-42(5,6)44-38-35-40(3)4/h40-41H,8-39H2,1-7H3. The van der Waals surface area contributed by atoms with Crippen LogP contribution in [0.1, 0.15) is 228 Å². The molecule has 0 unspecified atom stereocenters. The van der Waals surface area contributed by atoms with Gasteiger partial charge in [-0.05, 0) is 71.4 Å². The van der Waals surface area contributed by atoms with Crippen LogP contribution in [0.4, 0.5) is 0 Å². The van der Waals surface area contributed by atoms with Gasteiger partial charge in [0.2, 0.25) is 0 Å². The summed E-state index contributed by atoms with van der Waals surface area (Å²) in [4.78, 5) is 2.65. The van der Waals surface area contributed by atoms with E-state index in [-0.39, 0.29) is 5.60 Å². The molecule has 0 spiro atoms. The summed E-state index contributed by atoms with van der Waals surface area (Å²) in [7, 11) is 2.38. The summed E-state index contributed by atoms with van der Waals surface area (Å²) in [5.41, 5.74) is 0.0131. The molecule has 0 saturated carbocycles. The molecule has 0 N–H and O–H groups in total. The van der Waals surface area contributed by atoms with E-state index in [2.05, 4.69) is 53.5 Å². The highest BCUT2D eigenvalue weighted by molar-refractivity contribution is 4.71. The van der Waals surface area contributed by atoms with E-state index in [9.17, 15) is 0 Å². The van der Waals surface area contributed by atoms with E-state index in [1.165, 1.54) is 193 Å². The Kier molecular flexibility index (Phi) is 32.8. The van der Waals surface area contributed by atoms with Gasteiger partial charge in [-0.2, -0.15) is 0 Å². The van der Waals surface area contributed by atoms with Crippen LogP contribution >= 0.6 is 0 Å². The molecule has 2 nitrogen and oxygen atoms in total. The first kappa shape index (κ1) is 43.9. The summed E-state index contributed by atoms with van der Waals surface area (Å²) in [5.74, 6) is 1.62. The number of hydrogen-bond acceptors (Lipinski definition) is 2. The van der Waals surface area contributed by atoms with Gasteiger partial charge < -0.3 is 9.64 Å². The molecule has 0 aromatic heterocycles. The van der Waals surface area contributed by atoms with Crippen LogP contribution in [0.3, 0.4) is 0 Å². The average Bonchev–Trinajstić information content (AvgIpc) is 2.97. The van der Waals surface area contributed by atoms with E-state index < -0.39 is 0 Å². The molecule has 0 aromatic carbocycles. The van der Waals surface area contributed by atoms with Crippen LogP contribution in [-0.2, 0) is 4.74 Å². The van der Waals surface area contributed by atoms with Crippen LogP contribution in [0.25, 0.3) is 0 Å². The van der Waals surface area contributed by atoms with Crippen LogP contribution in [0.15, 0.2) is 0 Å². The Bertz CT molecular complexity index is 516. The second-order valence-corrected chi connectivity index (χ2v) is 15.9. The van der Waals surface area contributed by atoms with Gasteiger partial charge in [-0.25, -0.2) is 0 Å². The molecule has 0 atom stereocenters. The van der Waals surface area contributed by atoms with E-state index in [0.717, 1.165) is 24.9 Å². The second kappa shape index (κ2) is 32.8. The first-order valence-electron chi connectivity index (χ1n) is 20.6. The minimum absolute atomic E-state index is 0.0131. The second-order valence-electron chi connectivity index (χ2n) is 15.9. The Morgan fingerprint density at radius 3 is 1.23 bits per heavy atom. The molecule has 266 valence electrons. The van der Waals surface area contributed by atoms with Gasteiger partial charge in [-0.3, -0.25) is 0 Å². The zero-order valence-electron chi connectivity index (χ0n) is 32.1. The van der Waals surface area contributed by atoms with Crippen molar-refractivity contribution in [2.24, 2.45) is 11.8 Å². The van der Waals surface area contributed by atoms with Crippen molar-refractivity contribution >= 4 is 0 Å².